The Bertz CT molecular complexity index is 1370. The van der Waals surface area contributed by atoms with Crippen LogP contribution in [-0.4, -0.2) is 66.6 Å². The predicted molar refractivity (Wildman–Crippen MR) is 126 cm³/mol. The van der Waals surface area contributed by atoms with E-state index in [4.69, 9.17) is 0 Å². The van der Waals surface area contributed by atoms with Crippen LogP contribution in [0.5, 0.6) is 0 Å². The lowest BCUT2D eigenvalue weighted by atomic mass is 10.00. The fraction of sp³-hybridized carbons (Fsp3) is 0.545. The van der Waals surface area contributed by atoms with Gasteiger partial charge in [-0.3, -0.25) is 9.36 Å². The third-order valence-electron chi connectivity index (χ3n) is 6.93. The van der Waals surface area contributed by atoms with E-state index in [0.29, 0.717) is 50.4 Å². The molecule has 11 nitrogen and oxygen atoms in total. The second-order valence-corrected chi connectivity index (χ2v) is 11.4. The molecule has 1 aliphatic carbocycles. The highest BCUT2D eigenvalue weighted by Gasteiger charge is 2.39. The Morgan fingerprint density at radius 2 is 1.94 bits per heavy atom. The number of hydrogen-bond donors (Lipinski definition) is 2. The molecular formula is C22H29N7O4S. The number of aryl methyl sites for hydroxylation is 1. The number of hydrogen-bond acceptors (Lipinski definition) is 8. The second kappa shape index (κ2) is 8.43. The molecule has 1 aliphatic heterocycles. The molecule has 2 aliphatic rings. The Kier molecular flexibility index (Phi) is 5.69. The Balaban J connectivity index is 1.34. The van der Waals surface area contributed by atoms with Gasteiger partial charge in [0.25, 0.3) is 15.6 Å². The van der Waals surface area contributed by atoms with E-state index in [9.17, 15) is 18.3 Å². The summed E-state index contributed by atoms with van der Waals surface area (Å²) in [5, 5.41) is 14.9. The maximum atomic E-state index is 12.8. The fourth-order valence-corrected chi connectivity index (χ4v) is 6.46. The zero-order valence-electron chi connectivity index (χ0n) is 19.3. The van der Waals surface area contributed by atoms with Crippen molar-refractivity contribution in [1.82, 2.24) is 28.4 Å². The van der Waals surface area contributed by atoms with Crippen LogP contribution in [-0.2, 0) is 17.1 Å². The summed E-state index contributed by atoms with van der Waals surface area (Å²) in [6.07, 6.45) is 8.02. The number of piperidine rings is 1. The Hall–Kier alpha value is -2.83. The maximum absolute atomic E-state index is 12.8. The smallest absolute Gasteiger partial charge is 0.262 e. The third kappa shape index (κ3) is 4.10. The first-order valence-corrected chi connectivity index (χ1v) is 12.9. The first-order chi connectivity index (χ1) is 16.1. The van der Waals surface area contributed by atoms with Gasteiger partial charge in [-0.2, -0.15) is 9.29 Å². The van der Waals surface area contributed by atoms with Crippen molar-refractivity contribution in [2.75, 3.05) is 18.4 Å². The number of pyridine rings is 1. The van der Waals surface area contributed by atoms with Crippen LogP contribution in [0.2, 0.25) is 0 Å². The van der Waals surface area contributed by atoms with Crippen molar-refractivity contribution in [2.45, 2.75) is 61.7 Å². The number of anilines is 1. The fourth-order valence-electron chi connectivity index (χ4n) is 5.02. The Morgan fingerprint density at radius 3 is 2.59 bits per heavy atom. The molecule has 3 aromatic heterocycles. The molecule has 12 heteroatoms. The van der Waals surface area contributed by atoms with E-state index in [1.165, 1.54) is 22.9 Å². The van der Waals surface area contributed by atoms with Gasteiger partial charge < -0.3 is 15.0 Å². The van der Waals surface area contributed by atoms with Gasteiger partial charge in [-0.15, -0.1) is 0 Å². The highest BCUT2D eigenvalue weighted by molar-refractivity contribution is 7.89. The molecule has 2 fully saturated rings. The summed E-state index contributed by atoms with van der Waals surface area (Å²) in [5.41, 5.74) is -0.674. The summed E-state index contributed by atoms with van der Waals surface area (Å²) in [5.74, 6) is 0.385. The molecule has 0 radical (unpaired) electrons. The van der Waals surface area contributed by atoms with Crippen molar-refractivity contribution in [3.63, 3.8) is 0 Å². The van der Waals surface area contributed by atoms with Crippen LogP contribution in [0.3, 0.4) is 0 Å². The second-order valence-electron chi connectivity index (χ2n) is 9.48. The molecule has 4 heterocycles. The Labute approximate surface area is 197 Å². The summed E-state index contributed by atoms with van der Waals surface area (Å²) in [4.78, 5) is 25.8. The van der Waals surface area contributed by atoms with Gasteiger partial charge in [-0.1, -0.05) is 0 Å². The SMILES string of the molecule is Cn1cnc(S(=O)(=O)N2CCC(Nc3ncc4ccc(=O)n([C@H]5CCC[C@]5(C)O)c4n3)CC2)c1. The van der Waals surface area contributed by atoms with E-state index in [1.54, 1.807) is 35.4 Å². The van der Waals surface area contributed by atoms with Gasteiger partial charge in [-0.05, 0) is 45.1 Å². The van der Waals surface area contributed by atoms with Crippen LogP contribution >= 0.6 is 0 Å². The van der Waals surface area contributed by atoms with E-state index in [-0.39, 0.29) is 22.7 Å². The lowest BCUT2D eigenvalue weighted by Gasteiger charge is -2.31. The van der Waals surface area contributed by atoms with E-state index in [0.717, 1.165) is 11.8 Å². The summed E-state index contributed by atoms with van der Waals surface area (Å²) in [6, 6.07) is 2.84. The summed E-state index contributed by atoms with van der Waals surface area (Å²) in [6.45, 7) is 2.49. The molecule has 1 saturated heterocycles. The van der Waals surface area contributed by atoms with Crippen molar-refractivity contribution < 1.29 is 13.5 Å². The molecule has 0 amide bonds. The monoisotopic (exact) mass is 487 g/mol. The van der Waals surface area contributed by atoms with E-state index in [1.807, 2.05) is 0 Å². The number of imidazole rings is 1. The highest BCUT2D eigenvalue weighted by Crippen LogP contribution is 2.39. The van der Waals surface area contributed by atoms with Crippen LogP contribution in [0.1, 0.15) is 45.1 Å². The van der Waals surface area contributed by atoms with Crippen LogP contribution in [0.4, 0.5) is 5.95 Å². The maximum Gasteiger partial charge on any atom is 0.262 e. The molecule has 0 unspecified atom stereocenters. The number of nitrogens with zero attached hydrogens (tertiary/aromatic N) is 6. The lowest BCUT2D eigenvalue weighted by Crippen LogP contribution is -2.42. The lowest BCUT2D eigenvalue weighted by molar-refractivity contribution is 0.0267. The van der Waals surface area contributed by atoms with Crippen LogP contribution in [0.15, 0.2) is 40.7 Å². The molecular weight excluding hydrogens is 458 g/mol. The van der Waals surface area contributed by atoms with Crippen molar-refractivity contribution in [3.8, 4) is 0 Å². The zero-order valence-corrected chi connectivity index (χ0v) is 20.1. The normalized spacial score (nSPS) is 24.6. The quantitative estimate of drug-likeness (QED) is 0.549. The van der Waals surface area contributed by atoms with Gasteiger partial charge in [0.1, 0.15) is 5.65 Å². The molecule has 0 spiro atoms. The van der Waals surface area contributed by atoms with Gasteiger partial charge in [0.2, 0.25) is 5.95 Å². The van der Waals surface area contributed by atoms with E-state index in [2.05, 4.69) is 20.3 Å². The third-order valence-corrected chi connectivity index (χ3v) is 8.71. The van der Waals surface area contributed by atoms with Crippen LogP contribution in [0, 0.1) is 0 Å². The van der Waals surface area contributed by atoms with E-state index >= 15 is 0 Å². The van der Waals surface area contributed by atoms with Gasteiger partial charge in [-0.25, -0.2) is 18.4 Å². The number of nitrogens with one attached hydrogen (secondary N) is 1. The number of aliphatic hydroxyl groups is 1. The van der Waals surface area contributed by atoms with E-state index < -0.39 is 15.6 Å². The average Bonchev–Trinajstić information content (AvgIpc) is 3.39. The molecule has 2 N–H and O–H groups in total. The summed E-state index contributed by atoms with van der Waals surface area (Å²) >= 11 is 0. The van der Waals surface area contributed by atoms with Gasteiger partial charge in [0, 0.05) is 50.0 Å². The van der Waals surface area contributed by atoms with Crippen molar-refractivity contribution in [3.05, 3.63) is 41.2 Å². The minimum Gasteiger partial charge on any atom is -0.388 e. The van der Waals surface area contributed by atoms with Gasteiger partial charge in [0.15, 0.2) is 5.03 Å². The molecule has 3 aromatic rings. The highest BCUT2D eigenvalue weighted by atomic mass is 32.2. The van der Waals surface area contributed by atoms with Crippen molar-refractivity contribution in [2.24, 2.45) is 7.05 Å². The van der Waals surface area contributed by atoms with Crippen LogP contribution in [0.25, 0.3) is 11.0 Å². The minimum atomic E-state index is -3.62. The molecule has 2 atom stereocenters. The van der Waals surface area contributed by atoms with Gasteiger partial charge >= 0.3 is 0 Å². The predicted octanol–water partition coefficient (Wildman–Crippen LogP) is 1.27. The van der Waals surface area contributed by atoms with Crippen molar-refractivity contribution in [1.29, 1.82) is 0 Å². The topological polar surface area (TPSA) is 135 Å². The molecule has 0 bridgehead atoms. The standard InChI is InChI=1S/C22H29N7O4S/c1-22(31)9-3-4-17(22)29-19(30)6-5-15-12-23-21(26-20(15)29)25-16-7-10-28(11-8-16)34(32,33)18-13-27(2)14-24-18/h5-6,12-14,16-17,31H,3-4,7-11H2,1-2H3,(H,23,25,26)/t17-,22-/m0/s1. The number of sulfonamides is 1. The first-order valence-electron chi connectivity index (χ1n) is 11.5. The molecule has 0 aromatic carbocycles. The summed E-state index contributed by atoms with van der Waals surface area (Å²) < 4.78 is 30.3. The largest absolute Gasteiger partial charge is 0.388 e. The number of aromatic nitrogens is 5. The first kappa shape index (κ1) is 22.9. The summed E-state index contributed by atoms with van der Waals surface area (Å²) in [7, 11) is -1.88. The molecule has 34 heavy (non-hydrogen) atoms. The van der Waals surface area contributed by atoms with Crippen molar-refractivity contribution >= 4 is 27.0 Å². The average molecular weight is 488 g/mol. The molecule has 5 rings (SSSR count). The molecule has 182 valence electrons. The number of fused-ring (bicyclic) bond motifs is 1. The van der Waals surface area contributed by atoms with Gasteiger partial charge in [0.05, 0.1) is 18.0 Å². The molecule has 1 saturated carbocycles. The van der Waals surface area contributed by atoms with Crippen LogP contribution < -0.4 is 10.9 Å². The Morgan fingerprint density at radius 1 is 1.18 bits per heavy atom. The zero-order chi connectivity index (χ0) is 24.1. The minimum absolute atomic E-state index is 0.00824. The number of rotatable bonds is 5.